The van der Waals surface area contributed by atoms with Gasteiger partial charge in [0.05, 0.1) is 22.0 Å². The second kappa shape index (κ2) is 4.10. The fraction of sp³-hybridized carbons (Fsp3) is 0.167. The molecule has 0 radical (unpaired) electrons. The smallest absolute Gasteiger partial charge is 0.163 e. The molecule has 3 nitrogen and oxygen atoms in total. The number of hydrogen-bond acceptors (Lipinski definition) is 3. The van der Waals surface area contributed by atoms with Gasteiger partial charge >= 0.3 is 0 Å². The molecule has 82 valence electrons. The largest absolute Gasteiger partial charge is 0.355 e. The molecule has 1 aromatic carbocycles. The molecular formula is C12H11ClN2O. The number of rotatable bonds is 1. The van der Waals surface area contributed by atoms with Crippen molar-refractivity contribution in [3.8, 4) is 0 Å². The van der Waals surface area contributed by atoms with Crippen molar-refractivity contribution in [2.45, 2.75) is 13.8 Å². The van der Waals surface area contributed by atoms with Crippen LogP contribution in [-0.2, 0) is 4.79 Å². The molecule has 1 N–H and O–H groups in total. The van der Waals surface area contributed by atoms with Crippen LogP contribution in [0.25, 0.3) is 0 Å². The predicted octanol–water partition coefficient (Wildman–Crippen LogP) is 3.33. The van der Waals surface area contributed by atoms with E-state index in [-0.39, 0.29) is 5.78 Å². The molecular weight excluding hydrogens is 224 g/mol. The van der Waals surface area contributed by atoms with E-state index in [4.69, 9.17) is 11.6 Å². The SMILES string of the molecule is CC(=O)C1=C(C)Nc2c(Cl)cccc2N=C1. The fourth-order valence-electron chi connectivity index (χ4n) is 1.58. The maximum absolute atomic E-state index is 11.4. The number of carbonyl (C=O) groups is 1. The highest BCUT2D eigenvalue weighted by Gasteiger charge is 2.14. The first-order valence-electron chi connectivity index (χ1n) is 4.91. The molecule has 0 amide bonds. The molecule has 0 bridgehead atoms. The number of fused-ring (bicyclic) bond motifs is 1. The van der Waals surface area contributed by atoms with Crippen LogP contribution >= 0.6 is 11.6 Å². The summed E-state index contributed by atoms with van der Waals surface area (Å²) in [6.45, 7) is 3.35. The van der Waals surface area contributed by atoms with Crippen molar-refractivity contribution in [1.82, 2.24) is 0 Å². The normalized spacial score (nSPS) is 14.2. The predicted molar refractivity (Wildman–Crippen MR) is 66.6 cm³/mol. The van der Waals surface area contributed by atoms with Gasteiger partial charge in [-0.1, -0.05) is 17.7 Å². The summed E-state index contributed by atoms with van der Waals surface area (Å²) in [6.07, 6.45) is 1.58. The topological polar surface area (TPSA) is 41.5 Å². The standard InChI is InChI=1S/C12H11ClN2O/c1-7-9(8(2)16)6-14-11-5-3-4-10(13)12(11)15-7/h3-6,15H,1-2H3. The van der Waals surface area contributed by atoms with Crippen LogP contribution in [0.5, 0.6) is 0 Å². The molecule has 0 spiro atoms. The zero-order valence-electron chi connectivity index (χ0n) is 9.04. The second-order valence-corrected chi connectivity index (χ2v) is 4.02. The summed E-state index contributed by atoms with van der Waals surface area (Å²) in [7, 11) is 0. The summed E-state index contributed by atoms with van der Waals surface area (Å²) >= 11 is 6.06. The van der Waals surface area contributed by atoms with E-state index < -0.39 is 0 Å². The molecule has 0 aliphatic carbocycles. The number of allylic oxidation sites excluding steroid dienone is 2. The van der Waals surface area contributed by atoms with Gasteiger partial charge in [0.2, 0.25) is 0 Å². The van der Waals surface area contributed by atoms with Crippen LogP contribution in [0.4, 0.5) is 11.4 Å². The molecule has 0 fully saturated rings. The van der Waals surface area contributed by atoms with Crippen LogP contribution in [0.1, 0.15) is 13.8 Å². The molecule has 0 unspecified atom stereocenters. The van der Waals surface area contributed by atoms with Crippen molar-refractivity contribution in [2.75, 3.05) is 5.32 Å². The van der Waals surface area contributed by atoms with Crippen molar-refractivity contribution >= 4 is 35.0 Å². The summed E-state index contributed by atoms with van der Waals surface area (Å²) in [6, 6.07) is 5.46. The monoisotopic (exact) mass is 234 g/mol. The minimum Gasteiger partial charge on any atom is -0.355 e. The van der Waals surface area contributed by atoms with Crippen molar-refractivity contribution < 1.29 is 4.79 Å². The fourth-order valence-corrected chi connectivity index (χ4v) is 1.80. The highest BCUT2D eigenvalue weighted by atomic mass is 35.5. The van der Waals surface area contributed by atoms with Crippen LogP contribution in [-0.4, -0.2) is 12.0 Å². The van der Waals surface area contributed by atoms with Gasteiger partial charge in [-0.05, 0) is 26.0 Å². The maximum Gasteiger partial charge on any atom is 0.163 e. The number of benzene rings is 1. The molecule has 4 heteroatoms. The Balaban J connectivity index is 2.56. The first kappa shape index (κ1) is 10.9. The first-order valence-corrected chi connectivity index (χ1v) is 5.29. The Morgan fingerprint density at radius 2 is 2.19 bits per heavy atom. The Bertz CT molecular complexity index is 518. The second-order valence-electron chi connectivity index (χ2n) is 3.61. The van der Waals surface area contributed by atoms with Gasteiger partial charge in [0.15, 0.2) is 5.78 Å². The molecule has 0 aromatic heterocycles. The van der Waals surface area contributed by atoms with Crippen molar-refractivity contribution in [3.05, 3.63) is 34.5 Å². The summed E-state index contributed by atoms with van der Waals surface area (Å²) in [5, 5.41) is 3.72. The number of nitrogens with one attached hydrogen (secondary N) is 1. The van der Waals surface area contributed by atoms with Crippen LogP contribution in [0, 0.1) is 0 Å². The minimum absolute atomic E-state index is 0.0160. The average molecular weight is 235 g/mol. The summed E-state index contributed by atoms with van der Waals surface area (Å²) < 4.78 is 0. The molecule has 1 aliphatic heterocycles. The molecule has 0 saturated carbocycles. The minimum atomic E-state index is -0.0160. The van der Waals surface area contributed by atoms with Crippen molar-refractivity contribution in [2.24, 2.45) is 4.99 Å². The van der Waals surface area contributed by atoms with Gasteiger partial charge in [-0.3, -0.25) is 9.79 Å². The zero-order valence-corrected chi connectivity index (χ0v) is 9.80. The number of aliphatic imine (C=N–C) groups is 1. The van der Waals surface area contributed by atoms with Crippen molar-refractivity contribution in [3.63, 3.8) is 0 Å². The highest BCUT2D eigenvalue weighted by molar-refractivity contribution is 6.34. The average Bonchev–Trinajstić information content (AvgIpc) is 2.38. The zero-order chi connectivity index (χ0) is 11.7. The molecule has 0 atom stereocenters. The van der Waals surface area contributed by atoms with E-state index in [9.17, 15) is 4.79 Å². The Morgan fingerprint density at radius 3 is 2.88 bits per heavy atom. The van der Waals surface area contributed by atoms with Crippen LogP contribution in [0.2, 0.25) is 5.02 Å². The van der Waals surface area contributed by atoms with Crippen LogP contribution in [0.15, 0.2) is 34.5 Å². The first-order chi connectivity index (χ1) is 7.59. The van der Waals surface area contributed by atoms with Crippen LogP contribution in [0.3, 0.4) is 0 Å². The molecule has 1 aromatic rings. The lowest BCUT2D eigenvalue weighted by molar-refractivity contribution is -0.113. The van der Waals surface area contributed by atoms with Gasteiger partial charge in [0.1, 0.15) is 0 Å². The number of Topliss-reactive ketones (excluding diaryl/α,β-unsaturated/α-hetero) is 1. The number of nitrogens with zero attached hydrogens (tertiary/aromatic N) is 1. The van der Waals surface area contributed by atoms with E-state index in [0.29, 0.717) is 10.6 Å². The number of para-hydroxylation sites is 1. The lowest BCUT2D eigenvalue weighted by Gasteiger charge is -2.09. The van der Waals surface area contributed by atoms with Crippen LogP contribution < -0.4 is 5.32 Å². The molecule has 16 heavy (non-hydrogen) atoms. The molecule has 1 aliphatic rings. The summed E-state index contributed by atoms with van der Waals surface area (Å²) in [4.78, 5) is 15.6. The van der Waals surface area contributed by atoms with E-state index in [1.165, 1.54) is 6.92 Å². The van der Waals surface area contributed by atoms with Gasteiger partial charge in [-0.15, -0.1) is 0 Å². The maximum atomic E-state index is 11.4. The number of halogens is 1. The molecule has 2 rings (SSSR count). The lowest BCUT2D eigenvalue weighted by Crippen LogP contribution is -2.06. The Hall–Kier alpha value is -1.61. The van der Waals surface area contributed by atoms with E-state index in [0.717, 1.165) is 17.1 Å². The molecule has 0 saturated heterocycles. The Kier molecular flexibility index (Phi) is 2.79. The lowest BCUT2D eigenvalue weighted by atomic mass is 10.1. The van der Waals surface area contributed by atoms with Crippen molar-refractivity contribution in [1.29, 1.82) is 0 Å². The number of hydrogen-bond donors (Lipinski definition) is 1. The van der Waals surface area contributed by atoms with Gasteiger partial charge in [0.25, 0.3) is 0 Å². The van der Waals surface area contributed by atoms with E-state index >= 15 is 0 Å². The van der Waals surface area contributed by atoms with E-state index in [1.807, 2.05) is 19.1 Å². The summed E-state index contributed by atoms with van der Waals surface area (Å²) in [5.74, 6) is -0.0160. The van der Waals surface area contributed by atoms with Gasteiger partial charge in [0, 0.05) is 11.9 Å². The Morgan fingerprint density at radius 1 is 1.44 bits per heavy atom. The quantitative estimate of drug-likeness (QED) is 0.810. The summed E-state index contributed by atoms with van der Waals surface area (Å²) in [5.41, 5.74) is 2.83. The number of anilines is 1. The molecule has 1 heterocycles. The van der Waals surface area contributed by atoms with Gasteiger partial charge in [-0.2, -0.15) is 0 Å². The third-order valence-electron chi connectivity index (χ3n) is 2.42. The Labute approximate surface area is 98.8 Å². The highest BCUT2D eigenvalue weighted by Crippen LogP contribution is 2.35. The van der Waals surface area contributed by atoms with E-state index in [1.54, 1.807) is 12.3 Å². The number of ketones is 1. The third-order valence-corrected chi connectivity index (χ3v) is 2.74. The van der Waals surface area contributed by atoms with E-state index in [2.05, 4.69) is 10.3 Å². The van der Waals surface area contributed by atoms with Gasteiger partial charge < -0.3 is 5.32 Å². The number of carbonyl (C=O) groups excluding carboxylic acids is 1. The third kappa shape index (κ3) is 1.86. The van der Waals surface area contributed by atoms with Gasteiger partial charge in [-0.25, -0.2) is 0 Å².